The standard InChI is InChI=1S/C25H20N2O3/c1-28-17-10-12-20(24(13-17)29-2)21-14-23(27-25(30-3)22(21)15-26)19-11-9-16-7-5-4-6-8-18(16)19/h4-14H,1-3H3. The van der Waals surface area contributed by atoms with Gasteiger partial charge in [-0.15, -0.1) is 0 Å². The summed E-state index contributed by atoms with van der Waals surface area (Å²) in [5.74, 6) is 1.55. The van der Waals surface area contributed by atoms with Gasteiger partial charge in [0.2, 0.25) is 5.88 Å². The van der Waals surface area contributed by atoms with Crippen molar-refractivity contribution >= 4 is 0 Å². The summed E-state index contributed by atoms with van der Waals surface area (Å²) >= 11 is 0. The number of pyridine rings is 1. The van der Waals surface area contributed by atoms with E-state index in [0.29, 0.717) is 22.6 Å². The van der Waals surface area contributed by atoms with Crippen molar-refractivity contribution in [2.45, 2.75) is 0 Å². The zero-order valence-corrected chi connectivity index (χ0v) is 17.0. The molecule has 4 rings (SSSR count). The molecule has 1 heterocycles. The lowest BCUT2D eigenvalue weighted by molar-refractivity contribution is 0.394. The quantitative estimate of drug-likeness (QED) is 0.451. The van der Waals surface area contributed by atoms with Crippen molar-refractivity contribution < 1.29 is 14.2 Å². The van der Waals surface area contributed by atoms with Gasteiger partial charge in [-0.1, -0.05) is 42.5 Å². The first-order valence-electron chi connectivity index (χ1n) is 9.39. The van der Waals surface area contributed by atoms with Crippen molar-refractivity contribution in [1.82, 2.24) is 4.98 Å². The van der Waals surface area contributed by atoms with Crippen LogP contribution in [-0.4, -0.2) is 26.3 Å². The number of benzene rings is 1. The molecule has 0 fully saturated rings. The van der Waals surface area contributed by atoms with E-state index in [9.17, 15) is 5.26 Å². The van der Waals surface area contributed by atoms with Crippen LogP contribution in [0.15, 0.2) is 66.7 Å². The third kappa shape index (κ3) is 3.29. The van der Waals surface area contributed by atoms with Crippen molar-refractivity contribution in [3.63, 3.8) is 0 Å². The van der Waals surface area contributed by atoms with Crippen LogP contribution in [0.1, 0.15) is 5.56 Å². The van der Waals surface area contributed by atoms with Crippen LogP contribution in [-0.2, 0) is 0 Å². The molecule has 2 aliphatic carbocycles. The monoisotopic (exact) mass is 396 g/mol. The summed E-state index contributed by atoms with van der Waals surface area (Å²) in [5.41, 5.74) is 5.69. The Balaban J connectivity index is 1.98. The molecule has 2 aromatic rings. The molecule has 1 aromatic heterocycles. The van der Waals surface area contributed by atoms with E-state index in [2.05, 4.69) is 29.3 Å². The first-order valence-corrected chi connectivity index (χ1v) is 9.39. The highest BCUT2D eigenvalue weighted by atomic mass is 16.5. The smallest absolute Gasteiger partial charge is 0.232 e. The van der Waals surface area contributed by atoms with Crippen molar-refractivity contribution in [2.75, 3.05) is 21.3 Å². The van der Waals surface area contributed by atoms with Crippen LogP contribution >= 0.6 is 0 Å². The minimum Gasteiger partial charge on any atom is -0.497 e. The summed E-state index contributed by atoms with van der Waals surface area (Å²) in [6, 6.07) is 23.9. The average Bonchev–Trinajstić information content (AvgIpc) is 3.05. The van der Waals surface area contributed by atoms with Crippen molar-refractivity contribution in [1.29, 1.82) is 5.26 Å². The zero-order valence-electron chi connectivity index (χ0n) is 17.0. The Morgan fingerprint density at radius 1 is 0.733 bits per heavy atom. The van der Waals surface area contributed by atoms with Gasteiger partial charge in [0.15, 0.2) is 0 Å². The van der Waals surface area contributed by atoms with Gasteiger partial charge < -0.3 is 14.2 Å². The molecule has 30 heavy (non-hydrogen) atoms. The first-order chi connectivity index (χ1) is 14.7. The number of fused-ring (bicyclic) bond motifs is 1. The van der Waals surface area contributed by atoms with Crippen LogP contribution in [0, 0.1) is 11.3 Å². The van der Waals surface area contributed by atoms with E-state index in [1.54, 1.807) is 20.3 Å². The zero-order chi connectivity index (χ0) is 21.1. The van der Waals surface area contributed by atoms with E-state index < -0.39 is 0 Å². The van der Waals surface area contributed by atoms with E-state index in [4.69, 9.17) is 14.2 Å². The molecule has 5 nitrogen and oxygen atoms in total. The fourth-order valence-corrected chi connectivity index (χ4v) is 3.59. The van der Waals surface area contributed by atoms with Gasteiger partial charge in [0.25, 0.3) is 0 Å². The highest BCUT2D eigenvalue weighted by Crippen LogP contribution is 2.41. The summed E-state index contributed by atoms with van der Waals surface area (Å²) in [6.45, 7) is 0. The maximum atomic E-state index is 9.85. The van der Waals surface area contributed by atoms with E-state index in [1.165, 1.54) is 7.11 Å². The number of nitriles is 1. The van der Waals surface area contributed by atoms with Gasteiger partial charge in [-0.25, -0.2) is 4.98 Å². The number of nitrogens with zero attached hydrogens (tertiary/aromatic N) is 2. The maximum absolute atomic E-state index is 9.85. The third-order valence-corrected chi connectivity index (χ3v) is 5.06. The summed E-state index contributed by atoms with van der Waals surface area (Å²) in [6.07, 6.45) is 0. The summed E-state index contributed by atoms with van der Waals surface area (Å²) in [4.78, 5) is 4.64. The van der Waals surface area contributed by atoms with Crippen molar-refractivity contribution in [3.05, 3.63) is 72.3 Å². The molecular formula is C25H20N2O3. The lowest BCUT2D eigenvalue weighted by Crippen LogP contribution is -1.99. The molecule has 0 bridgehead atoms. The predicted molar refractivity (Wildman–Crippen MR) is 116 cm³/mol. The molecule has 0 radical (unpaired) electrons. The van der Waals surface area contributed by atoms with Crippen LogP contribution in [0.2, 0.25) is 0 Å². The molecule has 5 heteroatoms. The topological polar surface area (TPSA) is 64.4 Å². The van der Waals surface area contributed by atoms with E-state index in [1.807, 2.05) is 42.5 Å². The fourth-order valence-electron chi connectivity index (χ4n) is 3.59. The summed E-state index contributed by atoms with van der Waals surface area (Å²) < 4.78 is 16.4. The third-order valence-electron chi connectivity index (χ3n) is 5.06. The molecule has 0 N–H and O–H groups in total. The first kappa shape index (κ1) is 19.3. The highest BCUT2D eigenvalue weighted by Gasteiger charge is 2.21. The lowest BCUT2D eigenvalue weighted by Gasteiger charge is -2.15. The lowest BCUT2D eigenvalue weighted by atomic mass is 9.97. The van der Waals surface area contributed by atoms with Gasteiger partial charge in [0.05, 0.1) is 27.0 Å². The Morgan fingerprint density at radius 3 is 2.27 bits per heavy atom. The van der Waals surface area contributed by atoms with E-state index in [-0.39, 0.29) is 5.88 Å². The van der Waals surface area contributed by atoms with Gasteiger partial charge in [-0.3, -0.25) is 0 Å². The normalized spacial score (nSPS) is 10.5. The van der Waals surface area contributed by atoms with Crippen LogP contribution in [0.4, 0.5) is 0 Å². The number of rotatable bonds is 5. The molecule has 148 valence electrons. The SMILES string of the molecule is COc1ccc(-c2cc(-c3ccc4cccccc3-4)nc(OC)c2C#N)c(OC)c1. The van der Waals surface area contributed by atoms with Crippen LogP contribution < -0.4 is 14.2 Å². The number of aromatic nitrogens is 1. The van der Waals surface area contributed by atoms with E-state index in [0.717, 1.165) is 27.9 Å². The second kappa shape index (κ2) is 8.14. The number of ether oxygens (including phenoxy) is 3. The number of methoxy groups -OCH3 is 3. The van der Waals surface area contributed by atoms with Crippen LogP contribution in [0.5, 0.6) is 17.4 Å². The van der Waals surface area contributed by atoms with Crippen molar-refractivity contribution in [3.8, 4) is 57.0 Å². The number of hydrogen-bond donors (Lipinski definition) is 0. The van der Waals surface area contributed by atoms with Gasteiger partial charge in [-0.05, 0) is 29.3 Å². The molecule has 0 unspecified atom stereocenters. The van der Waals surface area contributed by atoms with Crippen LogP contribution in [0.25, 0.3) is 33.5 Å². The Labute approximate surface area is 175 Å². The molecule has 0 atom stereocenters. The Kier molecular flexibility index (Phi) is 5.23. The minimum atomic E-state index is 0.275. The second-order valence-electron chi connectivity index (χ2n) is 6.64. The Hall–Kier alpha value is -4.04. The molecular weight excluding hydrogens is 376 g/mol. The van der Waals surface area contributed by atoms with E-state index >= 15 is 0 Å². The molecule has 0 saturated carbocycles. The minimum absolute atomic E-state index is 0.275. The highest BCUT2D eigenvalue weighted by molar-refractivity contribution is 5.88. The number of hydrogen-bond acceptors (Lipinski definition) is 5. The Bertz CT molecular complexity index is 1230. The fraction of sp³-hybridized carbons (Fsp3) is 0.120. The molecule has 0 saturated heterocycles. The molecule has 2 aliphatic rings. The van der Waals surface area contributed by atoms with Gasteiger partial charge >= 0.3 is 0 Å². The van der Waals surface area contributed by atoms with Crippen molar-refractivity contribution in [2.24, 2.45) is 0 Å². The second-order valence-corrected chi connectivity index (χ2v) is 6.64. The van der Waals surface area contributed by atoms with Gasteiger partial charge in [-0.2, -0.15) is 5.26 Å². The maximum Gasteiger partial charge on any atom is 0.232 e. The molecule has 1 aromatic carbocycles. The molecule has 0 spiro atoms. The van der Waals surface area contributed by atoms with Crippen LogP contribution in [0.3, 0.4) is 0 Å². The average molecular weight is 396 g/mol. The Morgan fingerprint density at radius 2 is 1.53 bits per heavy atom. The summed E-state index contributed by atoms with van der Waals surface area (Å²) in [7, 11) is 4.71. The summed E-state index contributed by atoms with van der Waals surface area (Å²) in [5, 5.41) is 9.85. The predicted octanol–water partition coefficient (Wildman–Crippen LogP) is 5.42. The molecule has 0 amide bonds. The van der Waals surface area contributed by atoms with Gasteiger partial charge in [0.1, 0.15) is 23.1 Å². The molecule has 0 aliphatic heterocycles. The van der Waals surface area contributed by atoms with Gasteiger partial charge in [0, 0.05) is 22.8 Å². The largest absolute Gasteiger partial charge is 0.497 e.